The molecule has 0 amide bonds. The first-order chi connectivity index (χ1) is 9.56. The lowest BCUT2D eigenvalue weighted by atomic mass is 10.3. The second kappa shape index (κ2) is 5.20. The zero-order chi connectivity index (χ0) is 14.3. The molecule has 0 aliphatic rings. The second-order valence-electron chi connectivity index (χ2n) is 4.39. The van der Waals surface area contributed by atoms with Crippen LogP contribution in [0.1, 0.15) is 5.82 Å². The summed E-state index contributed by atoms with van der Waals surface area (Å²) in [6.07, 6.45) is 0. The molecule has 0 radical (unpaired) electrons. The van der Waals surface area contributed by atoms with Crippen LogP contribution in [0, 0.1) is 6.92 Å². The molecule has 0 fully saturated rings. The first-order valence-electron chi connectivity index (χ1n) is 5.97. The second-order valence-corrected chi connectivity index (χ2v) is 6.12. The zero-order valence-corrected chi connectivity index (χ0v) is 13.2. The molecule has 0 atom stereocenters. The molecule has 3 nitrogen and oxygen atoms in total. The lowest BCUT2D eigenvalue weighted by molar-refractivity contribution is 1.05. The Morgan fingerprint density at radius 1 is 1.10 bits per heavy atom. The summed E-state index contributed by atoms with van der Waals surface area (Å²) < 4.78 is 1.06. The Balaban J connectivity index is 2.14. The molecular formula is C14H11Cl2N3S. The van der Waals surface area contributed by atoms with E-state index in [2.05, 4.69) is 9.97 Å². The van der Waals surface area contributed by atoms with Crippen molar-refractivity contribution < 1.29 is 0 Å². The number of hydrogen-bond donors (Lipinski definition) is 0. The largest absolute Gasteiger partial charge is 0.328 e. The number of fused-ring (bicyclic) bond motifs is 1. The van der Waals surface area contributed by atoms with Crippen molar-refractivity contribution in [2.45, 2.75) is 6.92 Å². The summed E-state index contributed by atoms with van der Waals surface area (Å²) in [4.78, 5) is 11.0. The van der Waals surface area contributed by atoms with Gasteiger partial charge in [-0.25, -0.2) is 9.97 Å². The van der Waals surface area contributed by atoms with Crippen LogP contribution in [0.5, 0.6) is 0 Å². The molecule has 0 saturated heterocycles. The number of benzene rings is 1. The summed E-state index contributed by atoms with van der Waals surface area (Å²) in [6, 6.07) is 7.54. The third kappa shape index (κ3) is 2.35. The normalized spacial score (nSPS) is 11.0. The van der Waals surface area contributed by atoms with Crippen molar-refractivity contribution in [1.82, 2.24) is 9.97 Å². The van der Waals surface area contributed by atoms with Crippen LogP contribution in [-0.2, 0) is 0 Å². The molecule has 3 aromatic rings. The summed E-state index contributed by atoms with van der Waals surface area (Å²) in [6.45, 7) is 1.89. The predicted octanol–water partition coefficient (Wildman–Crippen LogP) is 5.07. The number of aromatic nitrogens is 2. The van der Waals surface area contributed by atoms with Crippen molar-refractivity contribution >= 4 is 56.3 Å². The lowest BCUT2D eigenvalue weighted by Gasteiger charge is -2.19. The van der Waals surface area contributed by atoms with Crippen molar-refractivity contribution in [2.24, 2.45) is 0 Å². The van der Waals surface area contributed by atoms with Gasteiger partial charge in [0.2, 0.25) is 0 Å². The summed E-state index contributed by atoms with van der Waals surface area (Å²) in [5, 5.41) is 3.10. The molecular weight excluding hydrogens is 313 g/mol. The molecule has 0 unspecified atom stereocenters. The van der Waals surface area contributed by atoms with E-state index in [0.717, 1.165) is 27.5 Å². The molecule has 1 aromatic carbocycles. The first kappa shape index (κ1) is 13.6. The summed E-state index contributed by atoms with van der Waals surface area (Å²) in [5.41, 5.74) is 1.90. The van der Waals surface area contributed by atoms with Crippen LogP contribution in [0.15, 0.2) is 29.6 Å². The number of anilines is 2. The molecule has 0 N–H and O–H groups in total. The van der Waals surface area contributed by atoms with Gasteiger partial charge in [-0.1, -0.05) is 23.2 Å². The smallest absolute Gasteiger partial charge is 0.154 e. The summed E-state index contributed by atoms with van der Waals surface area (Å²) in [5.74, 6) is 1.62. The van der Waals surface area contributed by atoms with Gasteiger partial charge in [0.25, 0.3) is 0 Å². The summed E-state index contributed by atoms with van der Waals surface area (Å²) >= 11 is 13.7. The highest BCUT2D eigenvalue weighted by Gasteiger charge is 2.13. The minimum absolute atomic E-state index is 0.532. The molecule has 102 valence electrons. The van der Waals surface area contributed by atoms with Crippen molar-refractivity contribution in [2.75, 3.05) is 11.9 Å². The van der Waals surface area contributed by atoms with E-state index in [4.69, 9.17) is 23.2 Å². The third-order valence-corrected chi connectivity index (χ3v) is 4.64. The van der Waals surface area contributed by atoms with E-state index in [0.29, 0.717) is 10.0 Å². The Morgan fingerprint density at radius 3 is 2.65 bits per heavy atom. The maximum Gasteiger partial charge on any atom is 0.154 e. The quantitative estimate of drug-likeness (QED) is 0.659. The molecule has 2 heterocycles. The Kier molecular flexibility index (Phi) is 3.54. The fraction of sp³-hybridized carbons (Fsp3) is 0.143. The minimum Gasteiger partial charge on any atom is -0.328 e. The van der Waals surface area contributed by atoms with E-state index < -0.39 is 0 Å². The molecule has 2 aromatic heterocycles. The Labute approximate surface area is 130 Å². The Morgan fingerprint density at radius 2 is 1.90 bits per heavy atom. The van der Waals surface area contributed by atoms with Crippen LogP contribution in [0.25, 0.3) is 10.2 Å². The number of rotatable bonds is 2. The van der Waals surface area contributed by atoms with Gasteiger partial charge >= 0.3 is 0 Å². The van der Waals surface area contributed by atoms with Gasteiger partial charge in [0, 0.05) is 12.7 Å². The number of halogens is 2. The van der Waals surface area contributed by atoms with E-state index in [1.165, 1.54) is 0 Å². The van der Waals surface area contributed by atoms with Gasteiger partial charge in [-0.2, -0.15) is 0 Å². The fourth-order valence-corrected chi connectivity index (χ4v) is 3.15. The van der Waals surface area contributed by atoms with E-state index in [1.807, 2.05) is 42.5 Å². The average Bonchev–Trinajstić information content (AvgIpc) is 2.88. The topological polar surface area (TPSA) is 29.0 Å². The monoisotopic (exact) mass is 323 g/mol. The average molecular weight is 324 g/mol. The van der Waals surface area contributed by atoms with E-state index in [1.54, 1.807) is 17.4 Å². The fourth-order valence-electron chi connectivity index (χ4n) is 2.00. The van der Waals surface area contributed by atoms with Crippen LogP contribution in [-0.4, -0.2) is 17.0 Å². The van der Waals surface area contributed by atoms with Crippen molar-refractivity contribution in [1.29, 1.82) is 0 Å². The van der Waals surface area contributed by atoms with Crippen LogP contribution < -0.4 is 4.90 Å². The lowest BCUT2D eigenvalue weighted by Crippen LogP contribution is -2.12. The third-order valence-electron chi connectivity index (χ3n) is 3.01. The predicted molar refractivity (Wildman–Crippen MR) is 86.7 cm³/mol. The first-order valence-corrected chi connectivity index (χ1v) is 7.60. The number of hydrogen-bond acceptors (Lipinski definition) is 4. The molecule has 3 rings (SSSR count). The van der Waals surface area contributed by atoms with Gasteiger partial charge in [0.1, 0.15) is 5.82 Å². The van der Waals surface area contributed by atoms with Gasteiger partial charge in [0.15, 0.2) is 5.82 Å². The molecule has 6 heteroatoms. The minimum atomic E-state index is 0.532. The summed E-state index contributed by atoms with van der Waals surface area (Å²) in [7, 11) is 1.96. The molecule has 0 aliphatic carbocycles. The van der Waals surface area contributed by atoms with Crippen LogP contribution >= 0.6 is 34.5 Å². The highest BCUT2D eigenvalue weighted by atomic mass is 35.5. The van der Waals surface area contributed by atoms with Crippen molar-refractivity contribution in [3.8, 4) is 0 Å². The maximum absolute atomic E-state index is 6.08. The maximum atomic E-state index is 6.08. The highest BCUT2D eigenvalue weighted by Crippen LogP contribution is 2.34. The van der Waals surface area contributed by atoms with Gasteiger partial charge in [-0.15, -0.1) is 11.3 Å². The molecule has 20 heavy (non-hydrogen) atoms. The SMILES string of the molecule is Cc1nc(N(C)c2ccc(Cl)c(Cl)c2)c2sccc2n1. The zero-order valence-electron chi connectivity index (χ0n) is 10.9. The van der Waals surface area contributed by atoms with E-state index in [9.17, 15) is 0 Å². The number of nitrogens with zero attached hydrogens (tertiary/aromatic N) is 3. The highest BCUT2D eigenvalue weighted by molar-refractivity contribution is 7.17. The van der Waals surface area contributed by atoms with Gasteiger partial charge in [-0.3, -0.25) is 0 Å². The van der Waals surface area contributed by atoms with Crippen LogP contribution in [0.3, 0.4) is 0 Å². The molecule has 0 bridgehead atoms. The van der Waals surface area contributed by atoms with Gasteiger partial charge in [0.05, 0.1) is 20.3 Å². The molecule has 0 aliphatic heterocycles. The standard InChI is InChI=1S/C14H11Cl2N3S/c1-8-17-12-5-6-20-13(12)14(18-8)19(2)9-3-4-10(15)11(16)7-9/h3-7H,1-2H3. The van der Waals surface area contributed by atoms with Crippen LogP contribution in [0.2, 0.25) is 10.0 Å². The van der Waals surface area contributed by atoms with Crippen molar-refractivity contribution in [3.05, 3.63) is 45.5 Å². The molecule has 0 spiro atoms. The molecule has 0 saturated carbocycles. The van der Waals surface area contributed by atoms with Crippen LogP contribution in [0.4, 0.5) is 11.5 Å². The van der Waals surface area contributed by atoms with E-state index in [-0.39, 0.29) is 0 Å². The van der Waals surface area contributed by atoms with Gasteiger partial charge in [-0.05, 0) is 36.6 Å². The van der Waals surface area contributed by atoms with Gasteiger partial charge < -0.3 is 4.90 Å². The Hall–Kier alpha value is -1.36. The number of aryl methyl sites for hydroxylation is 1. The Bertz CT molecular complexity index is 785. The van der Waals surface area contributed by atoms with E-state index >= 15 is 0 Å². The number of thiophene rings is 1. The van der Waals surface area contributed by atoms with Crippen molar-refractivity contribution in [3.63, 3.8) is 0 Å².